The lowest BCUT2D eigenvalue weighted by Gasteiger charge is -2.19. The highest BCUT2D eigenvalue weighted by Gasteiger charge is 2.36. The third-order valence-electron chi connectivity index (χ3n) is 5.70. The third-order valence-corrected chi connectivity index (χ3v) is 6.66. The van der Waals surface area contributed by atoms with Gasteiger partial charge in [-0.3, -0.25) is 9.78 Å². The molecule has 0 aliphatic carbocycles. The smallest absolute Gasteiger partial charge is 0.255 e. The van der Waals surface area contributed by atoms with Crippen molar-refractivity contribution in [3.63, 3.8) is 0 Å². The van der Waals surface area contributed by atoms with Gasteiger partial charge in [-0.25, -0.2) is 4.98 Å². The number of aryl methyl sites for hydroxylation is 1. The van der Waals surface area contributed by atoms with Crippen LogP contribution in [0.25, 0.3) is 0 Å². The zero-order valence-corrected chi connectivity index (χ0v) is 19.7. The summed E-state index contributed by atoms with van der Waals surface area (Å²) in [5.41, 5.74) is 2.53. The number of nitrogens with zero attached hydrogens (tertiary/aromatic N) is 3. The molecule has 8 heteroatoms. The SMILES string of the molecule is Cc1ccc(C(=O)N2C[C@@H](CCOc3ccc(Cl)cn3)[C@@H](c3ccc(Cl)c(Cl)c3)C2)cn1. The molecule has 1 aromatic carbocycles. The van der Waals surface area contributed by atoms with Gasteiger partial charge in [0, 0.05) is 43.2 Å². The van der Waals surface area contributed by atoms with E-state index in [0.29, 0.717) is 46.2 Å². The van der Waals surface area contributed by atoms with E-state index in [1.807, 2.05) is 36.1 Å². The van der Waals surface area contributed by atoms with Gasteiger partial charge in [-0.2, -0.15) is 0 Å². The summed E-state index contributed by atoms with van der Waals surface area (Å²) in [5, 5.41) is 1.59. The molecule has 0 saturated carbocycles. The van der Waals surface area contributed by atoms with E-state index in [1.165, 1.54) is 0 Å². The summed E-state index contributed by atoms with van der Waals surface area (Å²) in [6, 6.07) is 12.8. The first kappa shape index (κ1) is 22.8. The molecule has 0 N–H and O–H groups in total. The Morgan fingerprint density at radius 2 is 1.88 bits per heavy atom. The highest BCUT2D eigenvalue weighted by atomic mass is 35.5. The van der Waals surface area contributed by atoms with Gasteiger partial charge in [-0.05, 0) is 55.2 Å². The zero-order valence-electron chi connectivity index (χ0n) is 17.5. The number of ether oxygens (including phenoxy) is 1. The molecule has 2 aromatic heterocycles. The van der Waals surface area contributed by atoms with Crippen LogP contribution in [-0.2, 0) is 0 Å². The maximum Gasteiger partial charge on any atom is 0.255 e. The minimum Gasteiger partial charge on any atom is -0.478 e. The lowest BCUT2D eigenvalue weighted by Crippen LogP contribution is -2.29. The Labute approximate surface area is 202 Å². The topological polar surface area (TPSA) is 55.3 Å². The van der Waals surface area contributed by atoms with E-state index in [2.05, 4.69) is 9.97 Å². The first-order chi connectivity index (χ1) is 15.4. The molecular formula is C24H22Cl3N3O2. The Morgan fingerprint density at radius 1 is 1.03 bits per heavy atom. The van der Waals surface area contributed by atoms with Crippen molar-refractivity contribution in [3.05, 3.63) is 86.7 Å². The fourth-order valence-corrected chi connectivity index (χ4v) is 4.41. The van der Waals surface area contributed by atoms with Crippen molar-refractivity contribution in [2.75, 3.05) is 19.7 Å². The fraction of sp³-hybridized carbons (Fsp3) is 0.292. The number of hydrogen-bond donors (Lipinski definition) is 0. The molecule has 3 heterocycles. The maximum atomic E-state index is 13.1. The van der Waals surface area contributed by atoms with Crippen LogP contribution in [0.15, 0.2) is 54.9 Å². The molecule has 1 aliphatic heterocycles. The van der Waals surface area contributed by atoms with Crippen LogP contribution in [0.1, 0.15) is 34.0 Å². The molecule has 1 amide bonds. The molecule has 0 unspecified atom stereocenters. The second-order valence-corrected chi connectivity index (χ2v) is 9.14. The van der Waals surface area contributed by atoms with Crippen molar-refractivity contribution in [3.8, 4) is 5.88 Å². The molecule has 5 nitrogen and oxygen atoms in total. The predicted molar refractivity (Wildman–Crippen MR) is 127 cm³/mol. The van der Waals surface area contributed by atoms with Crippen LogP contribution in [0.3, 0.4) is 0 Å². The molecule has 1 saturated heterocycles. The number of hydrogen-bond acceptors (Lipinski definition) is 4. The van der Waals surface area contributed by atoms with Gasteiger partial charge in [0.1, 0.15) is 0 Å². The molecule has 3 aromatic rings. The summed E-state index contributed by atoms with van der Waals surface area (Å²) in [5.74, 6) is 0.818. The van der Waals surface area contributed by atoms with Crippen molar-refractivity contribution in [2.24, 2.45) is 5.92 Å². The summed E-state index contributed by atoms with van der Waals surface area (Å²) in [4.78, 5) is 23.4. The quantitative estimate of drug-likeness (QED) is 0.421. The average molecular weight is 491 g/mol. The number of benzene rings is 1. The molecule has 1 aliphatic rings. The highest BCUT2D eigenvalue weighted by molar-refractivity contribution is 6.42. The van der Waals surface area contributed by atoms with E-state index < -0.39 is 0 Å². The van der Waals surface area contributed by atoms with Gasteiger partial charge in [-0.15, -0.1) is 0 Å². The van der Waals surface area contributed by atoms with Gasteiger partial charge in [0.25, 0.3) is 5.91 Å². The standard InChI is InChI=1S/C24H22Cl3N3O2/c1-15-2-3-17(11-28-15)24(31)30-13-18(8-9-32-23-7-5-19(25)12-29-23)20(14-30)16-4-6-21(26)22(27)10-16/h2-7,10-12,18,20H,8-9,13-14H2,1H3/t18-,20-/m1/s1. The van der Waals surface area contributed by atoms with Gasteiger partial charge in [-0.1, -0.05) is 40.9 Å². The van der Waals surface area contributed by atoms with Crippen LogP contribution >= 0.6 is 34.8 Å². The first-order valence-corrected chi connectivity index (χ1v) is 11.5. The summed E-state index contributed by atoms with van der Waals surface area (Å²) in [6.45, 7) is 3.59. The number of carbonyl (C=O) groups is 1. The lowest BCUT2D eigenvalue weighted by molar-refractivity contribution is 0.0784. The minimum absolute atomic E-state index is 0.0228. The van der Waals surface area contributed by atoms with E-state index in [0.717, 1.165) is 17.7 Å². The van der Waals surface area contributed by atoms with Crippen molar-refractivity contribution in [2.45, 2.75) is 19.3 Å². The Morgan fingerprint density at radius 3 is 2.56 bits per heavy atom. The second-order valence-electron chi connectivity index (χ2n) is 7.89. The van der Waals surface area contributed by atoms with Gasteiger partial charge < -0.3 is 9.64 Å². The fourth-order valence-electron chi connectivity index (χ4n) is 3.99. The normalized spacial score (nSPS) is 18.1. The van der Waals surface area contributed by atoms with Crippen LogP contribution in [0.5, 0.6) is 5.88 Å². The second kappa shape index (κ2) is 10.1. The number of amides is 1. The molecule has 4 rings (SSSR count). The number of carbonyl (C=O) groups excluding carboxylic acids is 1. The van der Waals surface area contributed by atoms with Gasteiger partial charge in [0.05, 0.1) is 27.2 Å². The molecule has 0 radical (unpaired) electrons. The highest BCUT2D eigenvalue weighted by Crippen LogP contribution is 2.37. The molecule has 0 spiro atoms. The summed E-state index contributed by atoms with van der Waals surface area (Å²) in [7, 11) is 0. The number of halogens is 3. The number of rotatable bonds is 6. The van der Waals surface area contributed by atoms with Crippen molar-refractivity contribution < 1.29 is 9.53 Å². The van der Waals surface area contributed by atoms with Crippen LogP contribution in [0, 0.1) is 12.8 Å². The van der Waals surface area contributed by atoms with E-state index in [9.17, 15) is 4.79 Å². The third kappa shape index (κ3) is 5.34. The Balaban J connectivity index is 1.50. The number of pyridine rings is 2. The van der Waals surface area contributed by atoms with Crippen LogP contribution < -0.4 is 4.74 Å². The van der Waals surface area contributed by atoms with Crippen molar-refractivity contribution >= 4 is 40.7 Å². The Kier molecular flexibility index (Phi) is 7.19. The van der Waals surface area contributed by atoms with E-state index in [4.69, 9.17) is 39.5 Å². The predicted octanol–water partition coefficient (Wildman–Crippen LogP) is 6.07. The van der Waals surface area contributed by atoms with E-state index in [1.54, 1.807) is 30.6 Å². The largest absolute Gasteiger partial charge is 0.478 e. The van der Waals surface area contributed by atoms with E-state index >= 15 is 0 Å². The van der Waals surface area contributed by atoms with E-state index in [-0.39, 0.29) is 17.7 Å². The maximum absolute atomic E-state index is 13.1. The van der Waals surface area contributed by atoms with Crippen molar-refractivity contribution in [1.82, 2.24) is 14.9 Å². The molecule has 0 bridgehead atoms. The van der Waals surface area contributed by atoms with Crippen LogP contribution in [-0.4, -0.2) is 40.5 Å². The van der Waals surface area contributed by atoms with Crippen molar-refractivity contribution in [1.29, 1.82) is 0 Å². The average Bonchev–Trinajstić information content (AvgIpc) is 3.21. The number of likely N-dealkylation sites (tertiary alicyclic amines) is 1. The molecular weight excluding hydrogens is 469 g/mol. The van der Waals surface area contributed by atoms with Gasteiger partial charge >= 0.3 is 0 Å². The molecule has 2 atom stereocenters. The minimum atomic E-state index is -0.0228. The molecule has 166 valence electrons. The molecule has 1 fully saturated rings. The van der Waals surface area contributed by atoms with Crippen LogP contribution in [0.2, 0.25) is 15.1 Å². The first-order valence-electron chi connectivity index (χ1n) is 10.3. The Hall–Kier alpha value is -2.34. The number of aromatic nitrogens is 2. The Bertz CT molecular complexity index is 1090. The van der Waals surface area contributed by atoms with Crippen LogP contribution in [0.4, 0.5) is 0 Å². The summed E-state index contributed by atoms with van der Waals surface area (Å²) >= 11 is 18.3. The van der Waals surface area contributed by atoms with Gasteiger partial charge in [0.2, 0.25) is 5.88 Å². The van der Waals surface area contributed by atoms with Gasteiger partial charge in [0.15, 0.2) is 0 Å². The summed E-state index contributed by atoms with van der Waals surface area (Å²) < 4.78 is 5.81. The lowest BCUT2D eigenvalue weighted by atomic mass is 9.87. The summed E-state index contributed by atoms with van der Waals surface area (Å²) in [6.07, 6.45) is 3.95. The zero-order chi connectivity index (χ0) is 22.7. The molecule has 32 heavy (non-hydrogen) atoms. The monoisotopic (exact) mass is 489 g/mol.